The van der Waals surface area contributed by atoms with E-state index >= 15 is 0 Å². The van der Waals surface area contributed by atoms with Crippen molar-refractivity contribution in [1.82, 2.24) is 4.98 Å². The topological polar surface area (TPSA) is 48.4 Å². The van der Waals surface area contributed by atoms with Gasteiger partial charge in [0.25, 0.3) is 0 Å². The van der Waals surface area contributed by atoms with Crippen molar-refractivity contribution < 1.29 is 5.11 Å². The number of aromatic hydroxyl groups is 1. The molecule has 4 nitrogen and oxygen atoms in total. The van der Waals surface area contributed by atoms with Crippen LogP contribution in [0.5, 0.6) is 5.75 Å². The molecule has 0 aliphatic carbocycles. The number of aromatic nitrogens is 1. The van der Waals surface area contributed by atoms with Crippen LogP contribution in [0.4, 0.5) is 11.5 Å². The summed E-state index contributed by atoms with van der Waals surface area (Å²) in [6.45, 7) is 2.65. The number of phenolic OH excluding ortho intramolecular Hbond substituents is 1. The SMILES string of the molecule is Oc1cccc(Cl)c1CNc1ccc(N2CCCC2)nc1. The van der Waals surface area contributed by atoms with E-state index in [0.29, 0.717) is 17.1 Å². The molecule has 1 saturated heterocycles. The summed E-state index contributed by atoms with van der Waals surface area (Å²) in [6.07, 6.45) is 4.31. The van der Waals surface area contributed by atoms with E-state index in [1.165, 1.54) is 12.8 Å². The minimum Gasteiger partial charge on any atom is -0.508 e. The van der Waals surface area contributed by atoms with E-state index < -0.39 is 0 Å². The molecule has 1 aliphatic heterocycles. The normalized spacial score (nSPS) is 14.4. The molecule has 3 rings (SSSR count). The van der Waals surface area contributed by atoms with Gasteiger partial charge < -0.3 is 15.3 Å². The Morgan fingerprint density at radius 3 is 2.67 bits per heavy atom. The average molecular weight is 304 g/mol. The predicted molar refractivity (Wildman–Crippen MR) is 86.1 cm³/mol. The van der Waals surface area contributed by atoms with E-state index in [1.54, 1.807) is 18.2 Å². The van der Waals surface area contributed by atoms with Gasteiger partial charge in [-0.1, -0.05) is 17.7 Å². The quantitative estimate of drug-likeness (QED) is 0.905. The summed E-state index contributed by atoms with van der Waals surface area (Å²) < 4.78 is 0. The molecule has 1 fully saturated rings. The summed E-state index contributed by atoms with van der Waals surface area (Å²) in [4.78, 5) is 6.78. The van der Waals surface area contributed by atoms with Crippen molar-refractivity contribution in [2.45, 2.75) is 19.4 Å². The number of hydrogen-bond acceptors (Lipinski definition) is 4. The number of pyridine rings is 1. The van der Waals surface area contributed by atoms with Crippen LogP contribution in [-0.2, 0) is 6.54 Å². The van der Waals surface area contributed by atoms with Gasteiger partial charge in [0.15, 0.2) is 0 Å². The molecule has 0 amide bonds. The van der Waals surface area contributed by atoms with Gasteiger partial charge in [0.2, 0.25) is 0 Å². The second-order valence-corrected chi connectivity index (χ2v) is 5.60. The van der Waals surface area contributed by atoms with Crippen LogP contribution in [0, 0.1) is 0 Å². The zero-order valence-electron chi connectivity index (χ0n) is 11.7. The number of anilines is 2. The van der Waals surface area contributed by atoms with E-state index in [1.807, 2.05) is 18.3 Å². The van der Waals surface area contributed by atoms with Gasteiger partial charge in [-0.3, -0.25) is 0 Å². The number of phenols is 1. The van der Waals surface area contributed by atoms with Crippen LogP contribution in [0.15, 0.2) is 36.5 Å². The Bertz CT molecular complexity index is 589. The lowest BCUT2D eigenvalue weighted by molar-refractivity contribution is 0.469. The van der Waals surface area contributed by atoms with Crippen LogP contribution in [0.1, 0.15) is 18.4 Å². The van der Waals surface area contributed by atoms with Gasteiger partial charge in [0.1, 0.15) is 11.6 Å². The minimum atomic E-state index is 0.205. The molecule has 0 unspecified atom stereocenters. The second-order valence-electron chi connectivity index (χ2n) is 5.19. The Morgan fingerprint density at radius 1 is 1.19 bits per heavy atom. The van der Waals surface area contributed by atoms with Crippen molar-refractivity contribution in [2.24, 2.45) is 0 Å². The van der Waals surface area contributed by atoms with Crippen molar-refractivity contribution >= 4 is 23.1 Å². The van der Waals surface area contributed by atoms with Crippen LogP contribution >= 0.6 is 11.6 Å². The van der Waals surface area contributed by atoms with E-state index in [2.05, 4.69) is 15.2 Å². The van der Waals surface area contributed by atoms with Gasteiger partial charge in [-0.15, -0.1) is 0 Å². The van der Waals surface area contributed by atoms with Crippen LogP contribution in [0.3, 0.4) is 0 Å². The molecule has 1 aromatic heterocycles. The van der Waals surface area contributed by atoms with Crippen LogP contribution < -0.4 is 10.2 Å². The van der Waals surface area contributed by atoms with Crippen LogP contribution in [0.25, 0.3) is 0 Å². The lowest BCUT2D eigenvalue weighted by atomic mass is 10.2. The molecular formula is C16H18ClN3O. The second kappa shape index (κ2) is 6.22. The van der Waals surface area contributed by atoms with Gasteiger partial charge >= 0.3 is 0 Å². The number of hydrogen-bond donors (Lipinski definition) is 2. The maximum Gasteiger partial charge on any atom is 0.128 e. The Hall–Kier alpha value is -1.94. The summed E-state index contributed by atoms with van der Waals surface area (Å²) in [5, 5.41) is 13.6. The fourth-order valence-corrected chi connectivity index (χ4v) is 2.77. The number of rotatable bonds is 4. The molecule has 0 atom stereocenters. The summed E-state index contributed by atoms with van der Waals surface area (Å²) in [7, 11) is 0. The van der Waals surface area contributed by atoms with Gasteiger partial charge in [0.05, 0.1) is 11.9 Å². The Morgan fingerprint density at radius 2 is 2.00 bits per heavy atom. The number of nitrogens with one attached hydrogen (secondary N) is 1. The minimum absolute atomic E-state index is 0.205. The first-order valence-corrected chi connectivity index (χ1v) is 7.53. The number of benzene rings is 1. The molecule has 0 saturated carbocycles. The monoisotopic (exact) mass is 303 g/mol. The molecule has 2 heterocycles. The molecule has 21 heavy (non-hydrogen) atoms. The van der Waals surface area contributed by atoms with Gasteiger partial charge in [-0.2, -0.15) is 0 Å². The third-order valence-corrected chi connectivity index (χ3v) is 4.10. The highest BCUT2D eigenvalue weighted by Gasteiger charge is 2.13. The molecule has 0 bridgehead atoms. The maximum atomic E-state index is 9.81. The van der Waals surface area contributed by atoms with Crippen LogP contribution in [-0.4, -0.2) is 23.2 Å². The van der Waals surface area contributed by atoms with Gasteiger partial charge in [-0.05, 0) is 37.1 Å². The highest BCUT2D eigenvalue weighted by atomic mass is 35.5. The van der Waals surface area contributed by atoms with E-state index in [0.717, 1.165) is 24.6 Å². The lowest BCUT2D eigenvalue weighted by Gasteiger charge is -2.16. The molecule has 5 heteroatoms. The summed E-state index contributed by atoms with van der Waals surface area (Å²) >= 11 is 6.08. The molecular weight excluding hydrogens is 286 g/mol. The van der Waals surface area contributed by atoms with E-state index in [9.17, 15) is 5.11 Å². The van der Waals surface area contributed by atoms with Crippen molar-refractivity contribution in [1.29, 1.82) is 0 Å². The first-order valence-electron chi connectivity index (χ1n) is 7.15. The number of nitrogens with zero attached hydrogens (tertiary/aromatic N) is 2. The maximum absolute atomic E-state index is 9.81. The fraction of sp³-hybridized carbons (Fsp3) is 0.312. The van der Waals surface area contributed by atoms with Gasteiger partial charge in [-0.25, -0.2) is 4.98 Å². The third kappa shape index (κ3) is 3.22. The molecule has 1 aliphatic rings. The van der Waals surface area contributed by atoms with Crippen molar-refractivity contribution in [3.63, 3.8) is 0 Å². The Labute approximate surface area is 129 Å². The first-order chi connectivity index (χ1) is 10.2. The Kier molecular flexibility index (Phi) is 4.15. The average Bonchev–Trinajstić information content (AvgIpc) is 3.02. The summed E-state index contributed by atoms with van der Waals surface area (Å²) in [6, 6.07) is 9.17. The zero-order valence-corrected chi connectivity index (χ0v) is 12.5. The molecule has 0 radical (unpaired) electrons. The van der Waals surface area contributed by atoms with Crippen molar-refractivity contribution in [3.05, 3.63) is 47.1 Å². The zero-order chi connectivity index (χ0) is 14.7. The molecule has 2 N–H and O–H groups in total. The third-order valence-electron chi connectivity index (χ3n) is 3.74. The van der Waals surface area contributed by atoms with Crippen molar-refractivity contribution in [3.8, 4) is 5.75 Å². The summed E-state index contributed by atoms with van der Waals surface area (Å²) in [5.41, 5.74) is 1.61. The highest BCUT2D eigenvalue weighted by Crippen LogP contribution is 2.26. The fourth-order valence-electron chi connectivity index (χ4n) is 2.54. The molecule has 1 aromatic carbocycles. The number of halogens is 1. The standard InChI is InChI=1S/C16H18ClN3O/c17-14-4-3-5-15(21)13(14)11-18-12-6-7-16(19-10-12)20-8-1-2-9-20/h3-7,10,18,21H,1-2,8-9,11H2. The van der Waals surface area contributed by atoms with Crippen molar-refractivity contribution in [2.75, 3.05) is 23.3 Å². The van der Waals surface area contributed by atoms with E-state index in [4.69, 9.17) is 11.6 Å². The van der Waals surface area contributed by atoms with E-state index in [-0.39, 0.29) is 5.75 Å². The summed E-state index contributed by atoms with van der Waals surface area (Å²) in [5.74, 6) is 1.23. The predicted octanol–water partition coefficient (Wildman–Crippen LogP) is 3.65. The largest absolute Gasteiger partial charge is 0.508 e. The van der Waals surface area contributed by atoms with Gasteiger partial charge in [0, 0.05) is 30.2 Å². The lowest BCUT2D eigenvalue weighted by Crippen LogP contribution is -2.18. The Balaban J connectivity index is 1.65. The van der Waals surface area contributed by atoms with Crippen LogP contribution in [0.2, 0.25) is 5.02 Å². The molecule has 110 valence electrons. The highest BCUT2D eigenvalue weighted by molar-refractivity contribution is 6.31. The smallest absolute Gasteiger partial charge is 0.128 e. The molecule has 2 aromatic rings. The first kappa shape index (κ1) is 14.0. The molecule has 0 spiro atoms.